The Labute approximate surface area is 120 Å². The molecule has 0 atom stereocenters. The first-order valence-electron chi connectivity index (χ1n) is 5.37. The first-order valence-corrected chi connectivity index (χ1v) is 6.94. The summed E-state index contributed by atoms with van der Waals surface area (Å²) < 4.78 is 0.563. The quantitative estimate of drug-likeness (QED) is 0.920. The first kappa shape index (κ1) is 13.5. The topological polar surface area (TPSA) is 28.2 Å². The summed E-state index contributed by atoms with van der Waals surface area (Å²) in [5, 5.41) is 4.02. The van der Waals surface area contributed by atoms with Crippen LogP contribution in [0.4, 0.5) is 11.4 Å². The first-order chi connectivity index (χ1) is 8.56. The Morgan fingerprint density at radius 1 is 1.33 bits per heavy atom. The lowest BCUT2D eigenvalue weighted by atomic mass is 10.2. The standard InChI is InChI=1S/C12H13Cl2N3S/c1-17(2)11-4-3-8(5-10(11)13)15-6-9-7-16-12(14)18-9/h3-5,7,15H,6H2,1-2H3. The number of benzene rings is 1. The molecule has 2 aromatic rings. The summed E-state index contributed by atoms with van der Waals surface area (Å²) in [5.74, 6) is 0. The van der Waals surface area contributed by atoms with E-state index in [9.17, 15) is 0 Å². The summed E-state index contributed by atoms with van der Waals surface area (Å²) in [6.45, 7) is 0.696. The molecule has 0 saturated heterocycles. The third-order valence-corrected chi connectivity index (χ3v) is 3.84. The van der Waals surface area contributed by atoms with Gasteiger partial charge in [0.15, 0.2) is 4.47 Å². The molecule has 0 unspecified atom stereocenters. The molecule has 3 nitrogen and oxygen atoms in total. The van der Waals surface area contributed by atoms with E-state index in [1.165, 1.54) is 11.3 Å². The van der Waals surface area contributed by atoms with Crippen molar-refractivity contribution in [3.63, 3.8) is 0 Å². The number of anilines is 2. The van der Waals surface area contributed by atoms with Crippen LogP contribution in [0, 0.1) is 0 Å². The molecule has 96 valence electrons. The molecular formula is C12H13Cl2N3S. The van der Waals surface area contributed by atoms with Crippen molar-refractivity contribution < 1.29 is 0 Å². The van der Waals surface area contributed by atoms with Gasteiger partial charge in [0, 0.05) is 30.9 Å². The van der Waals surface area contributed by atoms with E-state index in [0.717, 1.165) is 21.3 Å². The molecule has 1 N–H and O–H groups in total. The molecule has 18 heavy (non-hydrogen) atoms. The van der Waals surface area contributed by atoms with Crippen LogP contribution >= 0.6 is 34.5 Å². The molecule has 0 aliphatic carbocycles. The minimum absolute atomic E-state index is 0.563. The zero-order valence-electron chi connectivity index (χ0n) is 10.1. The van der Waals surface area contributed by atoms with Gasteiger partial charge >= 0.3 is 0 Å². The number of halogens is 2. The highest BCUT2D eigenvalue weighted by molar-refractivity contribution is 7.15. The van der Waals surface area contributed by atoms with Crippen molar-refractivity contribution >= 4 is 45.9 Å². The Hall–Kier alpha value is -0.970. The van der Waals surface area contributed by atoms with Crippen molar-refractivity contribution in [2.24, 2.45) is 0 Å². The van der Waals surface area contributed by atoms with Gasteiger partial charge in [-0.05, 0) is 18.2 Å². The molecule has 0 spiro atoms. The van der Waals surface area contributed by atoms with Gasteiger partial charge in [-0.2, -0.15) is 0 Å². The highest BCUT2D eigenvalue weighted by atomic mass is 35.5. The van der Waals surface area contributed by atoms with Gasteiger partial charge in [0.1, 0.15) is 0 Å². The fourth-order valence-corrected chi connectivity index (χ4v) is 2.80. The van der Waals surface area contributed by atoms with Gasteiger partial charge in [0.2, 0.25) is 0 Å². The molecule has 0 bridgehead atoms. The highest BCUT2D eigenvalue weighted by Crippen LogP contribution is 2.28. The lowest BCUT2D eigenvalue weighted by Gasteiger charge is -2.15. The average Bonchev–Trinajstić information content (AvgIpc) is 2.72. The Morgan fingerprint density at radius 2 is 2.11 bits per heavy atom. The fourth-order valence-electron chi connectivity index (χ4n) is 1.53. The Kier molecular flexibility index (Phi) is 4.32. The second-order valence-corrected chi connectivity index (χ2v) is 6.10. The maximum absolute atomic E-state index is 6.20. The molecule has 1 aromatic carbocycles. The smallest absolute Gasteiger partial charge is 0.183 e. The maximum Gasteiger partial charge on any atom is 0.183 e. The van der Waals surface area contributed by atoms with E-state index in [-0.39, 0.29) is 0 Å². The van der Waals surface area contributed by atoms with Gasteiger partial charge in [-0.25, -0.2) is 4.98 Å². The van der Waals surface area contributed by atoms with Gasteiger partial charge in [0.05, 0.1) is 17.3 Å². The molecule has 6 heteroatoms. The lowest BCUT2D eigenvalue weighted by Crippen LogP contribution is -2.09. The van der Waals surface area contributed by atoms with E-state index in [2.05, 4.69) is 10.3 Å². The van der Waals surface area contributed by atoms with Crippen molar-refractivity contribution in [1.82, 2.24) is 4.98 Å². The van der Waals surface area contributed by atoms with Crippen LogP contribution in [-0.4, -0.2) is 19.1 Å². The van der Waals surface area contributed by atoms with Gasteiger partial charge in [-0.3, -0.25) is 0 Å². The van der Waals surface area contributed by atoms with Crippen LogP contribution in [0.5, 0.6) is 0 Å². The third kappa shape index (κ3) is 3.28. The molecule has 0 fully saturated rings. The molecule has 1 heterocycles. The molecule has 0 radical (unpaired) electrons. The SMILES string of the molecule is CN(C)c1ccc(NCc2cnc(Cl)s2)cc1Cl. The van der Waals surface area contributed by atoms with Crippen LogP contribution in [0.2, 0.25) is 9.49 Å². The van der Waals surface area contributed by atoms with E-state index in [0.29, 0.717) is 11.0 Å². The number of rotatable bonds is 4. The molecule has 1 aromatic heterocycles. The summed E-state index contributed by atoms with van der Waals surface area (Å²) in [7, 11) is 3.93. The van der Waals surface area contributed by atoms with Crippen LogP contribution in [0.3, 0.4) is 0 Å². The number of aromatic nitrogens is 1. The Morgan fingerprint density at radius 3 is 2.67 bits per heavy atom. The number of thiazole rings is 1. The fraction of sp³-hybridized carbons (Fsp3) is 0.250. The maximum atomic E-state index is 6.20. The number of nitrogens with zero attached hydrogens (tertiary/aromatic N) is 2. The monoisotopic (exact) mass is 301 g/mol. The average molecular weight is 302 g/mol. The van der Waals surface area contributed by atoms with Gasteiger partial charge in [0.25, 0.3) is 0 Å². The zero-order chi connectivity index (χ0) is 13.1. The highest BCUT2D eigenvalue weighted by Gasteiger charge is 2.04. The molecule has 2 rings (SSSR count). The van der Waals surface area contributed by atoms with Gasteiger partial charge in [-0.15, -0.1) is 11.3 Å². The van der Waals surface area contributed by atoms with Crippen molar-refractivity contribution in [3.8, 4) is 0 Å². The molecule has 0 amide bonds. The summed E-state index contributed by atoms with van der Waals surface area (Å²) in [6, 6.07) is 5.91. The van der Waals surface area contributed by atoms with Crippen LogP contribution in [-0.2, 0) is 6.54 Å². The summed E-state index contributed by atoms with van der Waals surface area (Å²) in [4.78, 5) is 7.07. The summed E-state index contributed by atoms with van der Waals surface area (Å²) in [5.41, 5.74) is 1.98. The van der Waals surface area contributed by atoms with Crippen LogP contribution in [0.1, 0.15) is 4.88 Å². The predicted octanol–water partition coefficient (Wildman–Crippen LogP) is 4.13. The molecule has 0 aliphatic rings. The van der Waals surface area contributed by atoms with E-state index in [1.54, 1.807) is 6.20 Å². The second-order valence-electron chi connectivity index (χ2n) is 3.99. The Bertz CT molecular complexity index is 540. The second kappa shape index (κ2) is 5.78. The minimum Gasteiger partial charge on any atom is -0.380 e. The van der Waals surface area contributed by atoms with Crippen LogP contribution in [0.25, 0.3) is 0 Å². The van der Waals surface area contributed by atoms with E-state index < -0.39 is 0 Å². The van der Waals surface area contributed by atoms with Crippen molar-refractivity contribution in [1.29, 1.82) is 0 Å². The third-order valence-electron chi connectivity index (χ3n) is 2.42. The van der Waals surface area contributed by atoms with Crippen LogP contribution in [0.15, 0.2) is 24.4 Å². The lowest BCUT2D eigenvalue weighted by molar-refractivity contribution is 1.13. The predicted molar refractivity (Wildman–Crippen MR) is 80.2 cm³/mol. The number of nitrogens with one attached hydrogen (secondary N) is 1. The molecule has 0 aliphatic heterocycles. The molecular weight excluding hydrogens is 289 g/mol. The summed E-state index contributed by atoms with van der Waals surface area (Å²) in [6.07, 6.45) is 1.77. The minimum atomic E-state index is 0.563. The van der Waals surface area contributed by atoms with Crippen LogP contribution < -0.4 is 10.2 Å². The van der Waals surface area contributed by atoms with Gasteiger partial charge in [-0.1, -0.05) is 23.2 Å². The van der Waals surface area contributed by atoms with E-state index in [1.807, 2.05) is 37.2 Å². The number of hydrogen-bond acceptors (Lipinski definition) is 4. The van der Waals surface area contributed by atoms with E-state index in [4.69, 9.17) is 23.2 Å². The van der Waals surface area contributed by atoms with Gasteiger partial charge < -0.3 is 10.2 Å². The molecule has 0 saturated carbocycles. The van der Waals surface area contributed by atoms with Crippen molar-refractivity contribution in [2.75, 3.05) is 24.3 Å². The Balaban J connectivity index is 2.04. The zero-order valence-corrected chi connectivity index (χ0v) is 12.4. The largest absolute Gasteiger partial charge is 0.380 e. The number of hydrogen-bond donors (Lipinski definition) is 1. The van der Waals surface area contributed by atoms with Crippen molar-refractivity contribution in [3.05, 3.63) is 38.8 Å². The van der Waals surface area contributed by atoms with Crippen molar-refractivity contribution in [2.45, 2.75) is 6.54 Å². The van der Waals surface area contributed by atoms with E-state index >= 15 is 0 Å². The normalized spacial score (nSPS) is 10.4. The summed E-state index contributed by atoms with van der Waals surface area (Å²) >= 11 is 13.4.